The zero-order valence-electron chi connectivity index (χ0n) is 16.8. The molecule has 144 valence electrons. The first-order valence-corrected chi connectivity index (χ1v) is 10.7. The third kappa shape index (κ3) is 7.35. The molecule has 2 unspecified atom stereocenters. The van der Waals surface area contributed by atoms with Crippen LogP contribution in [0, 0.1) is 11.8 Å². The van der Waals surface area contributed by atoms with Crippen molar-refractivity contribution < 1.29 is 4.79 Å². The molecule has 1 aromatic rings. The highest BCUT2D eigenvalue weighted by atomic mass is 16.1. The zero-order chi connectivity index (χ0) is 18.6. The van der Waals surface area contributed by atoms with Crippen LogP contribution < -0.4 is 5.32 Å². The first kappa shape index (κ1) is 20.7. The Balaban J connectivity index is 1.68. The van der Waals surface area contributed by atoms with Gasteiger partial charge in [-0.3, -0.25) is 4.79 Å². The fourth-order valence-electron chi connectivity index (χ4n) is 4.16. The standard InChI is InChI=1S/C24H37NO/c1-3-5-14-23(4-2)24(26)25-18-17-20-12-9-13-22(16-15-20)19-21-10-7-6-8-11-21/h4,6-8,10-11,20,22H,3,5,9,12-19H2,1-2H3,(H,25,26)/b23-4+. The van der Waals surface area contributed by atoms with Gasteiger partial charge >= 0.3 is 0 Å². The Labute approximate surface area is 160 Å². The average Bonchev–Trinajstić information content (AvgIpc) is 2.88. The van der Waals surface area contributed by atoms with E-state index in [-0.39, 0.29) is 5.91 Å². The second-order valence-electron chi connectivity index (χ2n) is 7.89. The number of carbonyl (C=O) groups excluding carboxylic acids is 1. The molecule has 0 saturated heterocycles. The quantitative estimate of drug-likeness (QED) is 0.423. The van der Waals surface area contributed by atoms with Crippen molar-refractivity contribution in [3.8, 4) is 0 Å². The van der Waals surface area contributed by atoms with E-state index >= 15 is 0 Å². The number of allylic oxidation sites excluding steroid dienone is 1. The molecule has 1 amide bonds. The van der Waals surface area contributed by atoms with Gasteiger partial charge < -0.3 is 5.32 Å². The van der Waals surface area contributed by atoms with E-state index in [1.807, 2.05) is 13.0 Å². The van der Waals surface area contributed by atoms with E-state index in [2.05, 4.69) is 42.6 Å². The Bertz CT molecular complexity index is 549. The summed E-state index contributed by atoms with van der Waals surface area (Å²) in [5.41, 5.74) is 2.44. The summed E-state index contributed by atoms with van der Waals surface area (Å²) in [5, 5.41) is 3.15. The predicted octanol–water partition coefficient (Wildman–Crippen LogP) is 6.07. The summed E-state index contributed by atoms with van der Waals surface area (Å²) in [7, 11) is 0. The Kier molecular flexibility index (Phi) is 9.52. The third-order valence-corrected chi connectivity index (χ3v) is 5.85. The molecule has 2 rings (SSSR count). The molecule has 0 bridgehead atoms. The second-order valence-corrected chi connectivity index (χ2v) is 7.89. The maximum atomic E-state index is 12.3. The van der Waals surface area contributed by atoms with E-state index in [4.69, 9.17) is 0 Å². The van der Waals surface area contributed by atoms with Crippen LogP contribution in [0.2, 0.25) is 0 Å². The van der Waals surface area contributed by atoms with Crippen molar-refractivity contribution in [2.24, 2.45) is 11.8 Å². The Hall–Kier alpha value is -1.57. The highest BCUT2D eigenvalue weighted by molar-refractivity contribution is 5.93. The van der Waals surface area contributed by atoms with E-state index < -0.39 is 0 Å². The van der Waals surface area contributed by atoms with Gasteiger partial charge in [-0.25, -0.2) is 0 Å². The summed E-state index contributed by atoms with van der Waals surface area (Å²) in [4.78, 5) is 12.3. The van der Waals surface area contributed by atoms with Gasteiger partial charge in [0.15, 0.2) is 0 Å². The SMILES string of the molecule is C/C=C(\CCCC)C(=O)NCCC1CCCC(Cc2ccccc2)CC1. The lowest BCUT2D eigenvalue weighted by atomic mass is 9.91. The predicted molar refractivity (Wildman–Crippen MR) is 111 cm³/mol. The van der Waals surface area contributed by atoms with Crippen molar-refractivity contribution in [3.05, 3.63) is 47.5 Å². The molecule has 2 atom stereocenters. The van der Waals surface area contributed by atoms with Gasteiger partial charge in [-0.1, -0.05) is 75.4 Å². The van der Waals surface area contributed by atoms with Gasteiger partial charge in [0, 0.05) is 12.1 Å². The summed E-state index contributed by atoms with van der Waals surface area (Å²) in [6.45, 7) is 4.97. The molecule has 0 aliphatic heterocycles. The number of hydrogen-bond acceptors (Lipinski definition) is 1. The third-order valence-electron chi connectivity index (χ3n) is 5.85. The van der Waals surface area contributed by atoms with Crippen LogP contribution in [0.25, 0.3) is 0 Å². The van der Waals surface area contributed by atoms with Crippen LogP contribution in [-0.2, 0) is 11.2 Å². The van der Waals surface area contributed by atoms with Gasteiger partial charge in [0.05, 0.1) is 0 Å². The first-order chi connectivity index (χ1) is 12.7. The zero-order valence-corrected chi connectivity index (χ0v) is 16.8. The molecule has 1 saturated carbocycles. The lowest BCUT2D eigenvalue weighted by molar-refractivity contribution is -0.117. The van der Waals surface area contributed by atoms with Gasteiger partial charge in [-0.05, 0) is 56.4 Å². The molecular weight excluding hydrogens is 318 g/mol. The Morgan fingerprint density at radius 1 is 1.12 bits per heavy atom. The molecule has 26 heavy (non-hydrogen) atoms. The van der Waals surface area contributed by atoms with Crippen LogP contribution in [-0.4, -0.2) is 12.5 Å². The molecule has 1 N–H and O–H groups in total. The van der Waals surface area contributed by atoms with Crippen molar-refractivity contribution in [1.29, 1.82) is 0 Å². The van der Waals surface area contributed by atoms with E-state index in [1.165, 1.54) is 44.1 Å². The fraction of sp³-hybridized carbons (Fsp3) is 0.625. The molecule has 0 spiro atoms. The summed E-state index contributed by atoms with van der Waals surface area (Å²) in [5.74, 6) is 1.76. The molecule has 0 aromatic heterocycles. The van der Waals surface area contributed by atoms with Crippen LogP contribution >= 0.6 is 0 Å². The summed E-state index contributed by atoms with van der Waals surface area (Å²) < 4.78 is 0. The lowest BCUT2D eigenvalue weighted by Gasteiger charge is -2.16. The number of nitrogens with one attached hydrogen (secondary N) is 1. The van der Waals surface area contributed by atoms with E-state index in [0.29, 0.717) is 0 Å². The number of rotatable bonds is 9. The molecule has 2 heteroatoms. The van der Waals surface area contributed by atoms with Gasteiger partial charge in [0.2, 0.25) is 5.91 Å². The highest BCUT2D eigenvalue weighted by Crippen LogP contribution is 2.31. The minimum absolute atomic E-state index is 0.150. The Morgan fingerprint density at radius 2 is 1.85 bits per heavy atom. The Morgan fingerprint density at radius 3 is 2.58 bits per heavy atom. The lowest BCUT2D eigenvalue weighted by Crippen LogP contribution is -2.27. The largest absolute Gasteiger partial charge is 0.352 e. The number of carbonyl (C=O) groups is 1. The average molecular weight is 356 g/mol. The maximum Gasteiger partial charge on any atom is 0.246 e. The molecule has 0 heterocycles. The number of unbranched alkanes of at least 4 members (excludes halogenated alkanes) is 1. The van der Waals surface area contributed by atoms with E-state index in [9.17, 15) is 4.79 Å². The fourth-order valence-corrected chi connectivity index (χ4v) is 4.16. The molecular formula is C24H37NO. The molecule has 2 nitrogen and oxygen atoms in total. The number of benzene rings is 1. The van der Waals surface area contributed by atoms with Gasteiger partial charge in [0.1, 0.15) is 0 Å². The molecule has 1 aliphatic rings. The summed E-state index contributed by atoms with van der Waals surface area (Å²) >= 11 is 0. The van der Waals surface area contributed by atoms with Crippen LogP contribution in [0.4, 0.5) is 0 Å². The highest BCUT2D eigenvalue weighted by Gasteiger charge is 2.19. The monoisotopic (exact) mass is 355 g/mol. The van der Waals surface area contributed by atoms with Crippen molar-refractivity contribution in [2.75, 3.05) is 6.54 Å². The van der Waals surface area contributed by atoms with E-state index in [0.717, 1.165) is 49.6 Å². The van der Waals surface area contributed by atoms with Crippen molar-refractivity contribution in [2.45, 2.75) is 78.1 Å². The number of hydrogen-bond donors (Lipinski definition) is 1. The molecule has 0 radical (unpaired) electrons. The summed E-state index contributed by atoms with van der Waals surface area (Å²) in [6, 6.07) is 10.9. The van der Waals surface area contributed by atoms with Crippen LogP contribution in [0.1, 0.15) is 77.2 Å². The second kappa shape index (κ2) is 11.9. The van der Waals surface area contributed by atoms with E-state index in [1.54, 1.807) is 0 Å². The number of amides is 1. The smallest absolute Gasteiger partial charge is 0.246 e. The normalized spacial score (nSPS) is 21.2. The summed E-state index contributed by atoms with van der Waals surface area (Å²) in [6.07, 6.45) is 14.2. The van der Waals surface area contributed by atoms with Gasteiger partial charge in [0.25, 0.3) is 0 Å². The first-order valence-electron chi connectivity index (χ1n) is 10.7. The van der Waals surface area contributed by atoms with Crippen molar-refractivity contribution >= 4 is 5.91 Å². The maximum absolute atomic E-state index is 12.3. The molecule has 1 aromatic carbocycles. The van der Waals surface area contributed by atoms with Crippen LogP contribution in [0.5, 0.6) is 0 Å². The van der Waals surface area contributed by atoms with Crippen molar-refractivity contribution in [1.82, 2.24) is 5.32 Å². The van der Waals surface area contributed by atoms with Gasteiger partial charge in [-0.2, -0.15) is 0 Å². The molecule has 1 fully saturated rings. The minimum atomic E-state index is 0.150. The minimum Gasteiger partial charge on any atom is -0.352 e. The van der Waals surface area contributed by atoms with Gasteiger partial charge in [-0.15, -0.1) is 0 Å². The van der Waals surface area contributed by atoms with Crippen LogP contribution in [0.15, 0.2) is 42.0 Å². The molecule has 1 aliphatic carbocycles. The topological polar surface area (TPSA) is 29.1 Å². The van der Waals surface area contributed by atoms with Crippen molar-refractivity contribution in [3.63, 3.8) is 0 Å². The van der Waals surface area contributed by atoms with Crippen LogP contribution in [0.3, 0.4) is 0 Å².